The number of halogens is 1. The van der Waals surface area contributed by atoms with Gasteiger partial charge in [0.25, 0.3) is 0 Å². The maximum Gasteiger partial charge on any atom is 0.155 e. The third kappa shape index (κ3) is 3.46. The summed E-state index contributed by atoms with van der Waals surface area (Å²) < 4.78 is 6.00. The van der Waals surface area contributed by atoms with Crippen molar-refractivity contribution in [3.05, 3.63) is 58.9 Å². The lowest BCUT2D eigenvalue weighted by Crippen LogP contribution is -2.29. The maximum absolute atomic E-state index is 6.01. The molecule has 0 fully saturated rings. The number of aromatic nitrogens is 1. The molecule has 2 atom stereocenters. The predicted molar refractivity (Wildman–Crippen MR) is 77.4 cm³/mol. The Kier molecular flexibility index (Phi) is 4.40. The number of rotatable bonds is 4. The molecule has 0 amide bonds. The van der Waals surface area contributed by atoms with E-state index < -0.39 is 0 Å². The molecule has 0 bridgehead atoms. The van der Waals surface area contributed by atoms with Crippen LogP contribution in [0.1, 0.15) is 24.3 Å². The average molecular weight is 277 g/mol. The van der Waals surface area contributed by atoms with E-state index in [-0.39, 0.29) is 12.1 Å². The monoisotopic (exact) mass is 276 g/mol. The second-order valence-electron chi connectivity index (χ2n) is 4.56. The van der Waals surface area contributed by atoms with Crippen LogP contribution >= 0.6 is 11.6 Å². The van der Waals surface area contributed by atoms with Crippen molar-refractivity contribution in [3.8, 4) is 5.75 Å². The molecule has 19 heavy (non-hydrogen) atoms. The lowest BCUT2D eigenvalue weighted by Gasteiger charge is -2.23. The van der Waals surface area contributed by atoms with E-state index in [1.54, 1.807) is 12.3 Å². The summed E-state index contributed by atoms with van der Waals surface area (Å²) in [5, 5.41) is 0.694. The minimum Gasteiger partial charge on any atom is -0.482 e. The SMILES string of the molecule is Cc1cc(Cl)ccc1OC(c1ccccn1)C(C)N. The number of hydrogen-bond acceptors (Lipinski definition) is 3. The summed E-state index contributed by atoms with van der Waals surface area (Å²) in [7, 11) is 0. The van der Waals surface area contributed by atoms with Gasteiger partial charge in [-0.1, -0.05) is 17.7 Å². The largest absolute Gasteiger partial charge is 0.482 e. The smallest absolute Gasteiger partial charge is 0.155 e. The van der Waals surface area contributed by atoms with Gasteiger partial charge in [-0.25, -0.2) is 0 Å². The molecule has 3 nitrogen and oxygen atoms in total. The van der Waals surface area contributed by atoms with Crippen molar-refractivity contribution in [1.29, 1.82) is 0 Å². The Hall–Kier alpha value is -1.58. The molecule has 2 aromatic rings. The third-order valence-corrected chi connectivity index (χ3v) is 3.08. The van der Waals surface area contributed by atoms with Crippen LogP contribution in [-0.4, -0.2) is 11.0 Å². The standard InChI is InChI=1S/C15H17ClN2O/c1-10-9-12(16)6-7-14(10)19-15(11(2)17)13-5-3-4-8-18-13/h3-9,11,15H,17H2,1-2H3. The van der Waals surface area contributed by atoms with Crippen molar-refractivity contribution in [1.82, 2.24) is 4.98 Å². The zero-order valence-electron chi connectivity index (χ0n) is 11.0. The van der Waals surface area contributed by atoms with Gasteiger partial charge >= 0.3 is 0 Å². The van der Waals surface area contributed by atoms with Gasteiger partial charge in [0.05, 0.1) is 5.69 Å². The molecule has 4 heteroatoms. The predicted octanol–water partition coefficient (Wildman–Crippen LogP) is 3.51. The molecule has 100 valence electrons. The Bertz CT molecular complexity index is 543. The van der Waals surface area contributed by atoms with Crippen LogP contribution in [0.5, 0.6) is 5.75 Å². The van der Waals surface area contributed by atoms with Gasteiger partial charge in [-0.3, -0.25) is 4.98 Å². The molecule has 0 aliphatic carbocycles. The molecule has 0 spiro atoms. The van der Waals surface area contributed by atoms with Gasteiger partial charge in [0, 0.05) is 17.3 Å². The Morgan fingerprint density at radius 3 is 2.63 bits per heavy atom. The summed E-state index contributed by atoms with van der Waals surface area (Å²) in [6, 6.07) is 11.1. The van der Waals surface area contributed by atoms with Crippen molar-refractivity contribution in [2.45, 2.75) is 26.0 Å². The Morgan fingerprint density at radius 1 is 1.26 bits per heavy atom. The molecule has 1 aromatic heterocycles. The summed E-state index contributed by atoms with van der Waals surface area (Å²) in [6.45, 7) is 3.86. The van der Waals surface area contributed by atoms with E-state index in [2.05, 4.69) is 4.98 Å². The lowest BCUT2D eigenvalue weighted by molar-refractivity contribution is 0.174. The second kappa shape index (κ2) is 6.04. The molecule has 2 rings (SSSR count). The first-order valence-electron chi connectivity index (χ1n) is 6.17. The molecule has 2 unspecified atom stereocenters. The summed E-state index contributed by atoms with van der Waals surface area (Å²) in [5.41, 5.74) is 7.81. The zero-order valence-corrected chi connectivity index (χ0v) is 11.8. The van der Waals surface area contributed by atoms with Gasteiger partial charge in [0.2, 0.25) is 0 Å². The number of benzene rings is 1. The van der Waals surface area contributed by atoms with Crippen molar-refractivity contribution >= 4 is 11.6 Å². The van der Waals surface area contributed by atoms with Crippen LogP contribution in [0, 0.1) is 6.92 Å². The van der Waals surface area contributed by atoms with E-state index in [0.29, 0.717) is 5.02 Å². The first-order valence-corrected chi connectivity index (χ1v) is 6.55. The van der Waals surface area contributed by atoms with Crippen LogP contribution in [0.4, 0.5) is 0 Å². The van der Waals surface area contributed by atoms with Crippen LogP contribution in [0.15, 0.2) is 42.6 Å². The van der Waals surface area contributed by atoms with Crippen LogP contribution < -0.4 is 10.5 Å². The van der Waals surface area contributed by atoms with Gasteiger partial charge in [-0.2, -0.15) is 0 Å². The van der Waals surface area contributed by atoms with E-state index in [1.807, 2.05) is 44.2 Å². The summed E-state index contributed by atoms with van der Waals surface area (Å²) in [4.78, 5) is 4.31. The molecule has 0 aliphatic heterocycles. The molecule has 1 aromatic carbocycles. The molecule has 0 saturated carbocycles. The van der Waals surface area contributed by atoms with E-state index in [9.17, 15) is 0 Å². The van der Waals surface area contributed by atoms with Crippen molar-refractivity contribution in [2.75, 3.05) is 0 Å². The molecule has 0 radical (unpaired) electrons. The number of nitrogens with two attached hydrogens (primary N) is 1. The summed E-state index contributed by atoms with van der Waals surface area (Å²) >= 11 is 5.94. The van der Waals surface area contributed by atoms with Gasteiger partial charge in [0.15, 0.2) is 6.10 Å². The molecule has 1 heterocycles. The van der Waals surface area contributed by atoms with Crippen LogP contribution in [-0.2, 0) is 0 Å². The third-order valence-electron chi connectivity index (χ3n) is 2.85. The van der Waals surface area contributed by atoms with Gasteiger partial charge in [-0.15, -0.1) is 0 Å². The molecular formula is C15H17ClN2O. The van der Waals surface area contributed by atoms with E-state index in [1.165, 1.54) is 0 Å². The van der Waals surface area contributed by atoms with E-state index >= 15 is 0 Å². The normalized spacial score (nSPS) is 13.9. The van der Waals surface area contributed by atoms with Crippen molar-refractivity contribution in [3.63, 3.8) is 0 Å². The fraction of sp³-hybridized carbons (Fsp3) is 0.267. The number of aryl methyl sites for hydroxylation is 1. The zero-order chi connectivity index (χ0) is 13.8. The van der Waals surface area contributed by atoms with Gasteiger partial charge in [0.1, 0.15) is 5.75 Å². The summed E-state index contributed by atoms with van der Waals surface area (Å²) in [5.74, 6) is 0.775. The highest BCUT2D eigenvalue weighted by atomic mass is 35.5. The minimum atomic E-state index is -0.277. The quantitative estimate of drug-likeness (QED) is 0.930. The first kappa shape index (κ1) is 13.8. The number of ether oxygens (including phenoxy) is 1. The molecular weight excluding hydrogens is 260 g/mol. The van der Waals surface area contributed by atoms with E-state index in [0.717, 1.165) is 17.0 Å². The lowest BCUT2D eigenvalue weighted by atomic mass is 10.1. The first-order chi connectivity index (χ1) is 9.08. The minimum absolute atomic E-state index is 0.162. The topological polar surface area (TPSA) is 48.1 Å². The highest BCUT2D eigenvalue weighted by Crippen LogP contribution is 2.27. The molecule has 2 N–H and O–H groups in total. The van der Waals surface area contributed by atoms with Crippen LogP contribution in [0.25, 0.3) is 0 Å². The van der Waals surface area contributed by atoms with Crippen LogP contribution in [0.2, 0.25) is 5.02 Å². The Morgan fingerprint density at radius 2 is 2.05 bits per heavy atom. The summed E-state index contributed by atoms with van der Waals surface area (Å²) in [6.07, 6.45) is 1.46. The number of hydrogen-bond donors (Lipinski definition) is 1. The Balaban J connectivity index is 2.27. The molecule has 0 saturated heterocycles. The average Bonchev–Trinajstić information content (AvgIpc) is 2.38. The molecule has 0 aliphatic rings. The van der Waals surface area contributed by atoms with Crippen LogP contribution in [0.3, 0.4) is 0 Å². The maximum atomic E-state index is 6.01. The number of pyridine rings is 1. The fourth-order valence-corrected chi connectivity index (χ4v) is 2.09. The van der Waals surface area contributed by atoms with E-state index in [4.69, 9.17) is 22.1 Å². The van der Waals surface area contributed by atoms with Gasteiger partial charge in [-0.05, 0) is 49.7 Å². The van der Waals surface area contributed by atoms with Crippen molar-refractivity contribution < 1.29 is 4.74 Å². The number of nitrogens with zero attached hydrogens (tertiary/aromatic N) is 1. The second-order valence-corrected chi connectivity index (χ2v) is 5.00. The Labute approximate surface area is 118 Å². The van der Waals surface area contributed by atoms with Gasteiger partial charge < -0.3 is 10.5 Å². The highest BCUT2D eigenvalue weighted by molar-refractivity contribution is 6.30. The fourth-order valence-electron chi connectivity index (χ4n) is 1.86. The highest BCUT2D eigenvalue weighted by Gasteiger charge is 2.20. The van der Waals surface area contributed by atoms with Crippen molar-refractivity contribution in [2.24, 2.45) is 5.73 Å².